The minimum absolute atomic E-state index is 0.0238. The number of carbonyl (C=O) groups excluding carboxylic acids is 1. The van der Waals surface area contributed by atoms with Crippen molar-refractivity contribution in [3.05, 3.63) is 59.1 Å². The van der Waals surface area contributed by atoms with E-state index in [0.29, 0.717) is 17.3 Å². The van der Waals surface area contributed by atoms with Crippen molar-refractivity contribution >= 4 is 40.3 Å². The van der Waals surface area contributed by atoms with Crippen LogP contribution in [0.4, 0.5) is 5.69 Å². The Bertz CT molecular complexity index is 1180. The Morgan fingerprint density at radius 2 is 1.85 bits per heavy atom. The number of halogens is 1. The zero-order valence-corrected chi connectivity index (χ0v) is 19.0. The van der Waals surface area contributed by atoms with Crippen LogP contribution in [0.5, 0.6) is 5.88 Å². The molecule has 10 heteroatoms. The van der Waals surface area contributed by atoms with Crippen LogP contribution >= 0.6 is 11.6 Å². The zero-order valence-electron chi connectivity index (χ0n) is 18.3. The first-order valence-electron chi connectivity index (χ1n) is 10.6. The molecule has 1 aromatic heterocycles. The second-order valence-electron chi connectivity index (χ2n) is 7.80. The van der Waals surface area contributed by atoms with E-state index in [4.69, 9.17) is 16.4 Å². The summed E-state index contributed by atoms with van der Waals surface area (Å²) in [6.07, 6.45) is 1.42. The summed E-state index contributed by atoms with van der Waals surface area (Å²) in [6.45, 7) is 3.91. The SMILES string of the molecule is CN1CCN(Cn2c(O)c(N=NC(=O)CON=Cc3ccccc3Cl)c3ccccc32)CC1. The molecule has 2 heterocycles. The van der Waals surface area contributed by atoms with E-state index >= 15 is 0 Å². The molecule has 1 aliphatic rings. The van der Waals surface area contributed by atoms with Crippen molar-refractivity contribution in [1.29, 1.82) is 0 Å². The van der Waals surface area contributed by atoms with Crippen LogP contribution < -0.4 is 0 Å². The van der Waals surface area contributed by atoms with Crippen molar-refractivity contribution in [2.24, 2.45) is 15.4 Å². The largest absolute Gasteiger partial charge is 0.493 e. The van der Waals surface area contributed by atoms with E-state index < -0.39 is 5.91 Å². The topological polar surface area (TPSA) is 95.0 Å². The Morgan fingerprint density at radius 3 is 2.64 bits per heavy atom. The number of carbonyl (C=O) groups is 1. The van der Waals surface area contributed by atoms with Gasteiger partial charge in [0.25, 0.3) is 0 Å². The fraction of sp³-hybridized carbons (Fsp3) is 0.304. The third-order valence-electron chi connectivity index (χ3n) is 5.48. The summed E-state index contributed by atoms with van der Waals surface area (Å²) in [5, 5.41) is 23.6. The average Bonchev–Trinajstić information content (AvgIpc) is 3.08. The molecule has 0 atom stereocenters. The lowest BCUT2D eigenvalue weighted by Gasteiger charge is -2.32. The second-order valence-corrected chi connectivity index (χ2v) is 8.21. The third kappa shape index (κ3) is 5.57. The summed E-state index contributed by atoms with van der Waals surface area (Å²) in [4.78, 5) is 21.7. The van der Waals surface area contributed by atoms with Gasteiger partial charge < -0.3 is 14.8 Å². The summed E-state index contributed by atoms with van der Waals surface area (Å²) in [6, 6.07) is 14.7. The molecule has 0 spiro atoms. The van der Waals surface area contributed by atoms with E-state index in [1.54, 1.807) is 16.7 Å². The Morgan fingerprint density at radius 1 is 1.12 bits per heavy atom. The average molecular weight is 469 g/mol. The van der Waals surface area contributed by atoms with Gasteiger partial charge in [-0.1, -0.05) is 53.2 Å². The van der Waals surface area contributed by atoms with Crippen molar-refractivity contribution in [3.63, 3.8) is 0 Å². The molecule has 1 N–H and O–H groups in total. The Balaban J connectivity index is 1.44. The molecule has 1 aliphatic heterocycles. The van der Waals surface area contributed by atoms with E-state index in [2.05, 4.69) is 32.2 Å². The Hall–Kier alpha value is -3.27. The number of aromatic nitrogens is 1. The van der Waals surface area contributed by atoms with E-state index in [-0.39, 0.29) is 18.2 Å². The number of azo groups is 1. The Kier molecular flexibility index (Phi) is 7.33. The number of hydrogen-bond donors (Lipinski definition) is 1. The third-order valence-corrected chi connectivity index (χ3v) is 5.82. The van der Waals surface area contributed by atoms with Crippen molar-refractivity contribution in [2.75, 3.05) is 39.8 Å². The highest BCUT2D eigenvalue weighted by Gasteiger charge is 2.20. The number of benzene rings is 2. The van der Waals surface area contributed by atoms with Gasteiger partial charge in [-0.3, -0.25) is 14.3 Å². The molecule has 1 fully saturated rings. The molecule has 2 aromatic carbocycles. The molecule has 1 amide bonds. The lowest BCUT2D eigenvalue weighted by Crippen LogP contribution is -2.44. The van der Waals surface area contributed by atoms with E-state index in [1.807, 2.05) is 36.4 Å². The molecular weight excluding hydrogens is 444 g/mol. The number of piperazine rings is 1. The number of rotatable bonds is 7. The fourth-order valence-electron chi connectivity index (χ4n) is 3.60. The quantitative estimate of drug-likeness (QED) is 0.322. The molecule has 9 nitrogen and oxygen atoms in total. The maximum Gasteiger partial charge on any atom is 0.304 e. The second kappa shape index (κ2) is 10.6. The normalized spacial score (nSPS) is 15.7. The standard InChI is InChI=1S/C23H25ClN6O3/c1-28-10-12-29(13-11-28)16-30-20-9-5-3-7-18(20)22(23(30)32)27-26-21(31)15-33-25-14-17-6-2-4-8-19(17)24/h2-9,14,32H,10-13,15-16H2,1H3. The van der Waals surface area contributed by atoms with E-state index in [0.717, 1.165) is 37.1 Å². The van der Waals surface area contributed by atoms with Crippen LogP contribution in [0.1, 0.15) is 5.56 Å². The molecule has 3 aromatic rings. The summed E-state index contributed by atoms with van der Waals surface area (Å²) >= 11 is 6.04. The molecule has 1 saturated heterocycles. The van der Waals surface area contributed by atoms with Gasteiger partial charge in [0, 0.05) is 42.2 Å². The van der Waals surface area contributed by atoms with Crippen molar-refractivity contribution < 1.29 is 14.7 Å². The van der Waals surface area contributed by atoms with Gasteiger partial charge in [0.2, 0.25) is 5.88 Å². The number of fused-ring (bicyclic) bond motifs is 1. The number of nitrogens with zero attached hydrogens (tertiary/aromatic N) is 6. The number of likely N-dealkylation sites (N-methyl/N-ethyl adjacent to an activating group) is 1. The van der Waals surface area contributed by atoms with Gasteiger partial charge in [-0.2, -0.15) is 0 Å². The number of aromatic hydroxyl groups is 1. The van der Waals surface area contributed by atoms with Gasteiger partial charge in [0.1, 0.15) is 0 Å². The molecule has 0 saturated carbocycles. The van der Waals surface area contributed by atoms with Gasteiger partial charge in [0.15, 0.2) is 12.3 Å². The zero-order chi connectivity index (χ0) is 23.2. The van der Waals surface area contributed by atoms with Crippen LogP contribution in [-0.4, -0.2) is 71.4 Å². The summed E-state index contributed by atoms with van der Waals surface area (Å²) in [5.41, 5.74) is 1.76. The van der Waals surface area contributed by atoms with Crippen LogP contribution in [0.3, 0.4) is 0 Å². The summed E-state index contributed by atoms with van der Waals surface area (Å²) < 4.78 is 1.80. The lowest BCUT2D eigenvalue weighted by atomic mass is 10.2. The highest BCUT2D eigenvalue weighted by Crippen LogP contribution is 2.39. The molecule has 0 radical (unpaired) electrons. The van der Waals surface area contributed by atoms with Gasteiger partial charge in [-0.05, 0) is 19.2 Å². The molecule has 0 aliphatic carbocycles. The minimum atomic E-state index is -0.624. The lowest BCUT2D eigenvalue weighted by molar-refractivity contribution is -0.122. The predicted molar refractivity (Wildman–Crippen MR) is 127 cm³/mol. The maximum atomic E-state index is 12.1. The van der Waals surface area contributed by atoms with E-state index in [1.165, 1.54) is 6.21 Å². The van der Waals surface area contributed by atoms with Crippen molar-refractivity contribution in [1.82, 2.24) is 14.4 Å². The first-order valence-corrected chi connectivity index (χ1v) is 11.0. The number of hydrogen-bond acceptors (Lipinski definition) is 7. The maximum absolute atomic E-state index is 12.1. The van der Waals surface area contributed by atoms with Crippen molar-refractivity contribution in [2.45, 2.75) is 6.67 Å². The number of amides is 1. The van der Waals surface area contributed by atoms with Crippen LogP contribution in [-0.2, 0) is 16.3 Å². The monoisotopic (exact) mass is 468 g/mol. The minimum Gasteiger partial charge on any atom is -0.493 e. The molecular formula is C23H25ClN6O3. The van der Waals surface area contributed by atoms with Crippen LogP contribution in [0, 0.1) is 0 Å². The number of oxime groups is 1. The molecule has 0 bridgehead atoms. The van der Waals surface area contributed by atoms with Crippen LogP contribution in [0.25, 0.3) is 10.9 Å². The summed E-state index contributed by atoms with van der Waals surface area (Å²) in [7, 11) is 2.10. The number of para-hydroxylation sites is 1. The first-order chi connectivity index (χ1) is 16.0. The van der Waals surface area contributed by atoms with Gasteiger partial charge in [-0.25, -0.2) is 0 Å². The molecule has 172 valence electrons. The fourth-order valence-corrected chi connectivity index (χ4v) is 3.79. The highest BCUT2D eigenvalue weighted by atomic mass is 35.5. The molecule has 4 rings (SSSR count). The van der Waals surface area contributed by atoms with Gasteiger partial charge in [0.05, 0.1) is 18.4 Å². The Labute approximate surface area is 196 Å². The summed E-state index contributed by atoms with van der Waals surface area (Å²) in [5.74, 6) is -0.647. The van der Waals surface area contributed by atoms with Crippen LogP contribution in [0.2, 0.25) is 5.02 Å². The van der Waals surface area contributed by atoms with Gasteiger partial charge in [-0.15, -0.1) is 10.2 Å². The first kappa shape index (κ1) is 22.9. The molecule has 0 unspecified atom stereocenters. The van der Waals surface area contributed by atoms with Gasteiger partial charge >= 0.3 is 5.91 Å². The predicted octanol–water partition coefficient (Wildman–Crippen LogP) is 3.87. The van der Waals surface area contributed by atoms with E-state index in [9.17, 15) is 9.90 Å². The van der Waals surface area contributed by atoms with Crippen molar-refractivity contribution in [3.8, 4) is 5.88 Å². The highest BCUT2D eigenvalue weighted by molar-refractivity contribution is 6.33. The smallest absolute Gasteiger partial charge is 0.304 e. The van der Waals surface area contributed by atoms with Crippen LogP contribution in [0.15, 0.2) is 63.9 Å². The molecule has 33 heavy (non-hydrogen) atoms.